The second-order valence-electron chi connectivity index (χ2n) is 12.1. The van der Waals surface area contributed by atoms with E-state index in [0.29, 0.717) is 5.41 Å². The Hall–Kier alpha value is -2.77. The molecule has 0 aromatic heterocycles. The van der Waals surface area contributed by atoms with Crippen LogP contribution in [0.1, 0.15) is 43.2 Å². The van der Waals surface area contributed by atoms with E-state index in [1.54, 1.807) is 11.1 Å². The van der Waals surface area contributed by atoms with E-state index in [1.807, 2.05) is 6.07 Å². The molecule has 0 radical (unpaired) electrons. The normalized spacial score (nSPS) is 34.7. The molecule has 1 N–H and O–H groups in total. The van der Waals surface area contributed by atoms with Gasteiger partial charge < -0.3 is 5.32 Å². The van der Waals surface area contributed by atoms with E-state index < -0.39 is 0 Å². The van der Waals surface area contributed by atoms with Gasteiger partial charge in [-0.15, -0.1) is 0 Å². The number of anilines is 2. The van der Waals surface area contributed by atoms with Crippen LogP contribution in [0.3, 0.4) is 0 Å². The third-order valence-corrected chi connectivity index (χ3v) is 11.2. The second-order valence-corrected chi connectivity index (χ2v) is 12.5. The Morgan fingerprint density at radius 2 is 1.46 bits per heavy atom. The summed E-state index contributed by atoms with van der Waals surface area (Å²) < 4.78 is 0. The first kappa shape index (κ1) is 19.4. The molecule has 5 aliphatic rings. The molecule has 2 spiro atoms. The minimum Gasteiger partial charge on any atom is -0.354 e. The predicted molar refractivity (Wildman–Crippen MR) is 144 cm³/mol. The van der Waals surface area contributed by atoms with E-state index >= 15 is 0 Å². The van der Waals surface area contributed by atoms with Gasteiger partial charge in [0, 0.05) is 16.5 Å². The molecule has 0 saturated heterocycles. The fourth-order valence-electron chi connectivity index (χ4n) is 10.2. The first-order chi connectivity index (χ1) is 17.2. The topological polar surface area (TPSA) is 12.0 Å². The maximum absolute atomic E-state index is 6.74. The van der Waals surface area contributed by atoms with Gasteiger partial charge in [-0.05, 0) is 107 Å². The van der Waals surface area contributed by atoms with Crippen LogP contribution in [0.2, 0.25) is 5.02 Å². The van der Waals surface area contributed by atoms with Gasteiger partial charge in [-0.3, -0.25) is 0 Å². The summed E-state index contributed by atoms with van der Waals surface area (Å²) >= 11 is 6.74. The number of nitrogens with one attached hydrogen (secondary N) is 1. The van der Waals surface area contributed by atoms with Crippen LogP contribution in [0.5, 0.6) is 0 Å². The Morgan fingerprint density at radius 3 is 2.31 bits per heavy atom. The quantitative estimate of drug-likeness (QED) is 0.306. The molecule has 2 heteroatoms. The van der Waals surface area contributed by atoms with Crippen molar-refractivity contribution in [1.82, 2.24) is 0 Å². The summed E-state index contributed by atoms with van der Waals surface area (Å²) in [5.74, 6) is 3.57. The lowest BCUT2D eigenvalue weighted by atomic mass is 9.38. The first-order valence-electron chi connectivity index (χ1n) is 13.4. The Balaban J connectivity index is 1.23. The van der Waals surface area contributed by atoms with Crippen molar-refractivity contribution in [3.63, 3.8) is 0 Å². The van der Waals surface area contributed by atoms with Gasteiger partial charge in [0.25, 0.3) is 0 Å². The number of halogens is 1. The first-order valence-corrected chi connectivity index (χ1v) is 13.7. The van der Waals surface area contributed by atoms with Crippen LogP contribution in [0.25, 0.3) is 21.9 Å². The lowest BCUT2D eigenvalue weighted by molar-refractivity contribution is -0.0820. The summed E-state index contributed by atoms with van der Waals surface area (Å²) in [4.78, 5) is 0. The van der Waals surface area contributed by atoms with Crippen LogP contribution in [-0.2, 0) is 5.41 Å². The smallest absolute Gasteiger partial charge is 0.0653 e. The third-order valence-electron chi connectivity index (χ3n) is 10.9. The van der Waals surface area contributed by atoms with Gasteiger partial charge >= 0.3 is 0 Å². The molecular formula is C33H28ClN. The Kier molecular flexibility index (Phi) is 3.50. The van der Waals surface area contributed by atoms with Gasteiger partial charge in [-0.25, -0.2) is 0 Å². The highest BCUT2D eigenvalue weighted by molar-refractivity contribution is 6.35. The summed E-state index contributed by atoms with van der Waals surface area (Å²) in [5.41, 5.74) is 9.20. The van der Waals surface area contributed by atoms with Crippen molar-refractivity contribution in [2.75, 3.05) is 5.32 Å². The highest BCUT2D eigenvalue weighted by Crippen LogP contribution is 2.85. The van der Waals surface area contributed by atoms with Crippen molar-refractivity contribution in [3.8, 4) is 11.1 Å². The molecule has 3 bridgehead atoms. The molecule has 0 aliphatic heterocycles. The number of fused-ring (bicyclic) bond motifs is 10. The number of benzene rings is 4. The Labute approximate surface area is 211 Å². The lowest BCUT2D eigenvalue weighted by Crippen LogP contribution is -2.62. The zero-order valence-electron chi connectivity index (χ0n) is 19.7. The summed E-state index contributed by atoms with van der Waals surface area (Å²) in [6.07, 6.45) is 7.38. The van der Waals surface area contributed by atoms with Gasteiger partial charge in [0.15, 0.2) is 0 Å². The monoisotopic (exact) mass is 473 g/mol. The lowest BCUT2D eigenvalue weighted by Gasteiger charge is -2.64. The van der Waals surface area contributed by atoms with E-state index in [2.05, 4.69) is 78.1 Å². The average Bonchev–Trinajstić information content (AvgIpc) is 3.41. The van der Waals surface area contributed by atoms with Crippen molar-refractivity contribution in [1.29, 1.82) is 0 Å². The van der Waals surface area contributed by atoms with Gasteiger partial charge in [0.2, 0.25) is 0 Å². The summed E-state index contributed by atoms with van der Waals surface area (Å²) in [6.45, 7) is 0. The van der Waals surface area contributed by atoms with Crippen LogP contribution in [0.4, 0.5) is 11.4 Å². The second kappa shape index (κ2) is 6.31. The maximum atomic E-state index is 6.74. The van der Waals surface area contributed by atoms with Gasteiger partial charge in [-0.1, -0.05) is 72.3 Å². The molecule has 4 aromatic carbocycles. The van der Waals surface area contributed by atoms with Crippen molar-refractivity contribution in [2.24, 2.45) is 29.1 Å². The molecule has 4 atom stereocenters. The van der Waals surface area contributed by atoms with Crippen molar-refractivity contribution < 1.29 is 0 Å². The van der Waals surface area contributed by atoms with E-state index in [4.69, 9.17) is 11.6 Å². The number of rotatable bonds is 2. The zero-order chi connectivity index (χ0) is 22.9. The minimum atomic E-state index is 0.218. The molecule has 1 nitrogen and oxygen atoms in total. The highest BCUT2D eigenvalue weighted by Gasteiger charge is 2.79. The van der Waals surface area contributed by atoms with Crippen LogP contribution < -0.4 is 5.32 Å². The predicted octanol–water partition coefficient (Wildman–Crippen LogP) is 8.96. The molecular weight excluding hydrogens is 446 g/mol. The fraction of sp³-hybridized carbons (Fsp3) is 0.333. The summed E-state index contributed by atoms with van der Waals surface area (Å²) in [7, 11) is 0. The van der Waals surface area contributed by atoms with Crippen LogP contribution in [-0.4, -0.2) is 0 Å². The van der Waals surface area contributed by atoms with E-state index in [9.17, 15) is 0 Å². The largest absolute Gasteiger partial charge is 0.354 e. The van der Waals surface area contributed by atoms with Gasteiger partial charge in [0.05, 0.1) is 10.7 Å². The molecule has 0 amide bonds. The van der Waals surface area contributed by atoms with Crippen molar-refractivity contribution in [3.05, 3.63) is 95.0 Å². The van der Waals surface area contributed by atoms with Crippen LogP contribution in [0, 0.1) is 29.1 Å². The molecule has 4 saturated carbocycles. The molecule has 4 unspecified atom stereocenters. The van der Waals surface area contributed by atoms with Crippen LogP contribution >= 0.6 is 11.6 Å². The van der Waals surface area contributed by atoms with Crippen molar-refractivity contribution >= 4 is 33.7 Å². The summed E-state index contributed by atoms with van der Waals surface area (Å²) in [6, 6.07) is 29.1. The molecule has 35 heavy (non-hydrogen) atoms. The molecule has 172 valence electrons. The van der Waals surface area contributed by atoms with Gasteiger partial charge in [0.1, 0.15) is 0 Å². The SMILES string of the molecule is Clc1ccc2ccccc2c1Nc1ccc2c(c1)C1(c3ccccc3-2)C2CC3CC4CC1C2(C3)C4. The number of hydrogen-bond acceptors (Lipinski definition) is 1. The summed E-state index contributed by atoms with van der Waals surface area (Å²) in [5, 5.41) is 6.92. The molecule has 0 heterocycles. The van der Waals surface area contributed by atoms with Gasteiger partial charge in [-0.2, -0.15) is 0 Å². The average molecular weight is 474 g/mol. The standard InChI is InChI=1S/C33H28ClN/c34-28-12-9-21-5-1-2-6-23(21)31(28)35-22-10-11-25-24-7-3-4-8-26(24)33(27(25)16-22)29-14-19-13-20-15-30(33)32(29,17-19)18-20/h1-12,16,19-20,29-30,35H,13-15,17-18H2. The molecule has 4 aromatic rings. The van der Waals surface area contributed by atoms with E-state index in [0.717, 1.165) is 40.1 Å². The Bertz CT molecular complexity index is 1540. The fourth-order valence-corrected chi connectivity index (χ4v) is 10.4. The Morgan fingerprint density at radius 1 is 0.714 bits per heavy atom. The van der Waals surface area contributed by atoms with Crippen LogP contribution in [0.15, 0.2) is 78.9 Å². The zero-order valence-corrected chi connectivity index (χ0v) is 20.5. The van der Waals surface area contributed by atoms with E-state index in [-0.39, 0.29) is 5.41 Å². The third kappa shape index (κ3) is 2.16. The number of hydrogen-bond donors (Lipinski definition) is 1. The molecule has 9 rings (SSSR count). The molecule has 5 aliphatic carbocycles. The van der Waals surface area contributed by atoms with Crippen molar-refractivity contribution in [2.45, 2.75) is 37.5 Å². The van der Waals surface area contributed by atoms with E-state index in [1.165, 1.54) is 54.0 Å². The highest BCUT2D eigenvalue weighted by atomic mass is 35.5. The maximum Gasteiger partial charge on any atom is 0.0653 e. The minimum absolute atomic E-state index is 0.218. The molecule has 4 fully saturated rings.